The van der Waals surface area contributed by atoms with E-state index >= 15 is 0 Å². The number of hydrogen-bond acceptors (Lipinski definition) is 9. The fraction of sp³-hybridized carbons (Fsp3) is 0.450. The zero-order valence-electron chi connectivity index (χ0n) is 16.9. The Morgan fingerprint density at radius 1 is 1.38 bits per heavy atom. The number of nitrogens with one attached hydrogen (secondary N) is 1. The highest BCUT2D eigenvalue weighted by atomic mass is 32.1. The van der Waals surface area contributed by atoms with Crippen LogP contribution in [0.2, 0.25) is 0 Å². The molecule has 3 aliphatic heterocycles. The summed E-state index contributed by atoms with van der Waals surface area (Å²) in [5.41, 5.74) is 0.557. The third kappa shape index (κ3) is 3.82. The van der Waals surface area contributed by atoms with E-state index in [0.29, 0.717) is 35.7 Å². The molecule has 0 aliphatic carbocycles. The number of fused-ring (bicyclic) bond motifs is 3. The number of hydrogen-bond donors (Lipinski definition) is 1. The maximum absolute atomic E-state index is 13.9. The number of piperidine rings is 1. The molecule has 170 valence electrons. The van der Waals surface area contributed by atoms with Gasteiger partial charge in [0, 0.05) is 42.3 Å². The van der Waals surface area contributed by atoms with Crippen LogP contribution in [0.15, 0.2) is 28.1 Å². The highest BCUT2D eigenvalue weighted by Gasteiger charge is 2.44. The molecule has 3 aliphatic rings. The van der Waals surface area contributed by atoms with Gasteiger partial charge in [-0.2, -0.15) is 18.2 Å². The predicted octanol–water partition coefficient (Wildman–Crippen LogP) is 3.29. The molecule has 3 atom stereocenters. The predicted molar refractivity (Wildman–Crippen MR) is 109 cm³/mol. The molecule has 3 fully saturated rings. The summed E-state index contributed by atoms with van der Waals surface area (Å²) in [6, 6.07) is 3.70. The van der Waals surface area contributed by atoms with Crippen molar-refractivity contribution in [3.8, 4) is 10.6 Å². The minimum atomic E-state index is -4.78. The van der Waals surface area contributed by atoms with Crippen molar-refractivity contribution >= 4 is 34.4 Å². The third-order valence-corrected chi connectivity index (χ3v) is 6.40. The van der Waals surface area contributed by atoms with Crippen molar-refractivity contribution in [1.29, 1.82) is 0 Å². The van der Waals surface area contributed by atoms with Crippen LogP contribution < -0.4 is 10.2 Å². The largest absolute Gasteiger partial charge is 0.467 e. The third-order valence-electron chi connectivity index (χ3n) is 5.59. The molecule has 5 heterocycles. The van der Waals surface area contributed by atoms with Crippen molar-refractivity contribution in [3.63, 3.8) is 0 Å². The second-order valence-corrected chi connectivity index (χ2v) is 8.62. The Kier molecular flexibility index (Phi) is 5.30. The second-order valence-electron chi connectivity index (χ2n) is 7.72. The molecule has 1 aromatic carbocycles. The standard InChI is InChI=1S/C20H19F3N4O4S/c1-29-14(28)9-30-17(20(21,22)23)12-2-3-13(18-24-4-5-32-18)16-15(12)26-19(31-16)27-7-10-6-11(8-27)25-10/h2-5,10-11,17,25H,6-9H2,1H3. The minimum absolute atomic E-state index is 0.0343. The van der Waals surface area contributed by atoms with Crippen LogP contribution in [0.5, 0.6) is 0 Å². The number of alkyl halides is 3. The van der Waals surface area contributed by atoms with Crippen LogP contribution >= 0.6 is 11.3 Å². The van der Waals surface area contributed by atoms with Crippen molar-refractivity contribution in [1.82, 2.24) is 15.3 Å². The monoisotopic (exact) mass is 468 g/mol. The summed E-state index contributed by atoms with van der Waals surface area (Å²) in [5.74, 6) is -0.907. The summed E-state index contributed by atoms with van der Waals surface area (Å²) in [5, 5.41) is 5.77. The van der Waals surface area contributed by atoms with Crippen molar-refractivity contribution in [2.24, 2.45) is 0 Å². The first-order valence-electron chi connectivity index (χ1n) is 9.93. The summed E-state index contributed by atoms with van der Waals surface area (Å²) >= 11 is 1.34. The summed E-state index contributed by atoms with van der Waals surface area (Å²) in [7, 11) is 1.08. The Balaban J connectivity index is 1.60. The summed E-state index contributed by atoms with van der Waals surface area (Å²) in [6.45, 7) is 0.474. The van der Waals surface area contributed by atoms with Gasteiger partial charge in [0.15, 0.2) is 11.7 Å². The van der Waals surface area contributed by atoms with Gasteiger partial charge >= 0.3 is 12.1 Å². The first-order valence-corrected chi connectivity index (χ1v) is 10.8. The second kappa shape index (κ2) is 8.01. The molecule has 12 heteroatoms. The lowest BCUT2D eigenvalue weighted by molar-refractivity contribution is -0.225. The number of oxazole rings is 1. The SMILES string of the molecule is COC(=O)COC(c1ccc(-c2nccs2)c2oc(N3CC4CC(C3)N4)nc12)C(F)(F)F. The number of carbonyl (C=O) groups excluding carboxylic acids is 1. The normalized spacial score (nSPS) is 21.4. The van der Waals surface area contributed by atoms with Crippen LogP contribution in [0.4, 0.5) is 19.2 Å². The lowest BCUT2D eigenvalue weighted by Crippen LogP contribution is -2.67. The van der Waals surface area contributed by atoms with Gasteiger partial charge in [0.2, 0.25) is 0 Å². The Morgan fingerprint density at radius 2 is 2.12 bits per heavy atom. The minimum Gasteiger partial charge on any atom is -0.467 e. The van der Waals surface area contributed by atoms with Crippen molar-refractivity contribution in [2.45, 2.75) is 30.8 Å². The lowest BCUT2D eigenvalue weighted by atomic mass is 9.92. The van der Waals surface area contributed by atoms with E-state index in [4.69, 9.17) is 9.15 Å². The maximum Gasteiger partial charge on any atom is 0.418 e. The van der Waals surface area contributed by atoms with Crippen LogP contribution in [-0.2, 0) is 14.3 Å². The van der Waals surface area contributed by atoms with Gasteiger partial charge in [0.05, 0.1) is 12.7 Å². The molecule has 32 heavy (non-hydrogen) atoms. The molecule has 2 bridgehead atoms. The number of nitrogens with zero attached hydrogens (tertiary/aromatic N) is 3. The number of piperazine rings is 1. The first kappa shape index (κ1) is 21.2. The molecule has 0 amide bonds. The number of ether oxygens (including phenoxy) is 2. The number of methoxy groups -OCH3 is 1. The average molecular weight is 468 g/mol. The van der Waals surface area contributed by atoms with Crippen molar-refractivity contribution < 1.29 is 31.9 Å². The zero-order valence-corrected chi connectivity index (χ0v) is 17.7. The fourth-order valence-electron chi connectivity index (χ4n) is 4.13. The van der Waals surface area contributed by atoms with Gasteiger partial charge in [-0.3, -0.25) is 0 Å². The maximum atomic E-state index is 13.9. The van der Waals surface area contributed by atoms with Crippen molar-refractivity contribution in [3.05, 3.63) is 29.3 Å². The number of esters is 1. The number of thiazole rings is 1. The van der Waals surface area contributed by atoms with Gasteiger partial charge in [-0.15, -0.1) is 11.3 Å². The topological polar surface area (TPSA) is 89.7 Å². The molecular formula is C20H19F3N4O4S. The quantitative estimate of drug-likeness (QED) is 0.552. The Bertz CT molecular complexity index is 1120. The molecule has 3 aromatic rings. The van der Waals surface area contributed by atoms with E-state index < -0.39 is 24.9 Å². The number of aromatic nitrogens is 2. The molecule has 3 unspecified atom stereocenters. The summed E-state index contributed by atoms with van der Waals surface area (Å²) in [4.78, 5) is 22.1. The molecule has 2 aromatic heterocycles. The van der Waals surface area contributed by atoms with E-state index in [-0.39, 0.29) is 22.7 Å². The van der Waals surface area contributed by atoms with Crippen LogP contribution in [0.3, 0.4) is 0 Å². The Labute approximate surface area is 184 Å². The van der Waals surface area contributed by atoms with Gasteiger partial charge in [-0.25, -0.2) is 9.78 Å². The number of rotatable bonds is 6. The van der Waals surface area contributed by atoms with E-state index in [0.717, 1.165) is 13.5 Å². The number of anilines is 1. The van der Waals surface area contributed by atoms with Crippen LogP contribution in [0.25, 0.3) is 21.7 Å². The summed E-state index contributed by atoms with van der Waals surface area (Å²) in [6.07, 6.45) is -4.48. The smallest absolute Gasteiger partial charge is 0.418 e. The lowest BCUT2D eigenvalue weighted by Gasteiger charge is -2.47. The van der Waals surface area contributed by atoms with Crippen LogP contribution in [-0.4, -0.2) is 61.0 Å². The van der Waals surface area contributed by atoms with Crippen LogP contribution in [0.1, 0.15) is 18.1 Å². The molecule has 3 saturated heterocycles. The molecule has 0 spiro atoms. The Morgan fingerprint density at radius 3 is 2.75 bits per heavy atom. The van der Waals surface area contributed by atoms with E-state index in [9.17, 15) is 18.0 Å². The number of halogens is 3. The van der Waals surface area contributed by atoms with Gasteiger partial charge in [-0.1, -0.05) is 6.07 Å². The van der Waals surface area contributed by atoms with Crippen molar-refractivity contribution in [2.75, 3.05) is 31.7 Å². The zero-order chi connectivity index (χ0) is 22.5. The number of benzene rings is 1. The number of carbonyl (C=O) groups is 1. The highest BCUT2D eigenvalue weighted by molar-refractivity contribution is 7.13. The molecule has 1 N–H and O–H groups in total. The average Bonchev–Trinajstić information content (AvgIpc) is 3.43. The molecule has 0 radical (unpaired) electrons. The van der Waals surface area contributed by atoms with Gasteiger partial charge in [-0.05, 0) is 12.5 Å². The van der Waals surface area contributed by atoms with Gasteiger partial charge in [0.25, 0.3) is 6.01 Å². The fourth-order valence-corrected chi connectivity index (χ4v) is 4.79. The van der Waals surface area contributed by atoms with Crippen LogP contribution in [0, 0.1) is 0 Å². The highest BCUT2D eigenvalue weighted by Crippen LogP contribution is 2.43. The van der Waals surface area contributed by atoms with E-state index in [1.54, 1.807) is 11.6 Å². The van der Waals surface area contributed by atoms with E-state index in [1.165, 1.54) is 23.5 Å². The molecule has 8 nitrogen and oxygen atoms in total. The van der Waals surface area contributed by atoms with E-state index in [1.807, 2.05) is 4.90 Å². The molecular weight excluding hydrogens is 449 g/mol. The van der Waals surface area contributed by atoms with Gasteiger partial charge < -0.3 is 24.1 Å². The summed E-state index contributed by atoms with van der Waals surface area (Å²) < 4.78 is 57.1. The molecule has 6 rings (SSSR count). The van der Waals surface area contributed by atoms with E-state index in [2.05, 4.69) is 20.0 Å². The first-order chi connectivity index (χ1) is 15.3. The van der Waals surface area contributed by atoms with Gasteiger partial charge in [0.1, 0.15) is 17.1 Å². The molecule has 0 saturated carbocycles. The Hall–Kier alpha value is -2.70.